The molecule has 0 aliphatic carbocycles. The Morgan fingerprint density at radius 3 is 2.48 bits per heavy atom. The van der Waals surface area contributed by atoms with Crippen LogP contribution in [0, 0.1) is 0 Å². The third kappa shape index (κ3) is 3.70. The average Bonchev–Trinajstić information content (AvgIpc) is 3.14. The van der Waals surface area contributed by atoms with Crippen LogP contribution in [0.15, 0.2) is 73.1 Å². The topological polar surface area (TPSA) is 101 Å². The molecule has 1 amide bonds. The number of rotatable bonds is 7. The van der Waals surface area contributed by atoms with Crippen LogP contribution in [0.2, 0.25) is 0 Å². The second-order valence-electron chi connectivity index (χ2n) is 7.22. The van der Waals surface area contributed by atoms with Crippen molar-refractivity contribution in [2.24, 2.45) is 5.73 Å². The Morgan fingerprint density at radius 2 is 1.81 bits per heavy atom. The summed E-state index contributed by atoms with van der Waals surface area (Å²) in [6.45, 7) is 0.136. The van der Waals surface area contributed by atoms with E-state index in [2.05, 4.69) is 4.98 Å². The van der Waals surface area contributed by atoms with E-state index in [1.165, 1.54) is 7.11 Å². The second kappa shape index (κ2) is 8.47. The maximum absolute atomic E-state index is 12.8. The molecule has 0 saturated carbocycles. The number of fused-ring (bicyclic) bond motifs is 1. The molecule has 0 spiro atoms. The fourth-order valence-electron chi connectivity index (χ4n) is 3.97. The van der Waals surface area contributed by atoms with Crippen LogP contribution in [0.1, 0.15) is 29.0 Å². The number of hydrogen-bond donors (Lipinski definition) is 1. The predicted molar refractivity (Wildman–Crippen MR) is 112 cm³/mol. The zero-order valence-corrected chi connectivity index (χ0v) is 17.0. The van der Waals surface area contributed by atoms with Gasteiger partial charge in [-0.3, -0.25) is 14.6 Å². The number of carbonyl (C=O) groups is 2. The molecule has 2 unspecified atom stereocenters. The lowest BCUT2D eigenvalue weighted by Gasteiger charge is -2.31. The molecule has 0 radical (unpaired) electrons. The lowest BCUT2D eigenvalue weighted by atomic mass is 9.77. The molecule has 2 atom stereocenters. The first kappa shape index (κ1) is 20.4. The average molecular weight is 418 g/mol. The van der Waals surface area contributed by atoms with Gasteiger partial charge in [0.1, 0.15) is 6.61 Å². The summed E-state index contributed by atoms with van der Waals surface area (Å²) in [5.41, 5.74) is 6.34. The third-order valence-corrected chi connectivity index (χ3v) is 5.45. The van der Waals surface area contributed by atoms with Gasteiger partial charge in [0.25, 0.3) is 5.91 Å². The molecule has 2 heterocycles. The van der Waals surface area contributed by atoms with Crippen LogP contribution >= 0.6 is 0 Å². The number of ether oxygens (including phenoxy) is 3. The first-order chi connectivity index (χ1) is 15.1. The van der Waals surface area contributed by atoms with Gasteiger partial charge in [-0.1, -0.05) is 42.5 Å². The van der Waals surface area contributed by atoms with Gasteiger partial charge in [0.2, 0.25) is 5.60 Å². The normalized spacial score (nSPS) is 19.2. The molecule has 2 N–H and O–H groups in total. The number of aromatic nitrogens is 1. The van der Waals surface area contributed by atoms with Crippen molar-refractivity contribution in [2.45, 2.75) is 24.5 Å². The zero-order valence-electron chi connectivity index (χ0n) is 17.0. The molecule has 3 aromatic rings. The van der Waals surface area contributed by atoms with Gasteiger partial charge < -0.3 is 19.9 Å². The van der Waals surface area contributed by atoms with E-state index in [4.69, 9.17) is 19.9 Å². The number of para-hydroxylation sites is 1. The van der Waals surface area contributed by atoms with E-state index >= 15 is 0 Å². The smallest absolute Gasteiger partial charge is 0.306 e. The summed E-state index contributed by atoms with van der Waals surface area (Å²) >= 11 is 0. The molecule has 0 fully saturated rings. The molecule has 1 aliphatic rings. The van der Waals surface area contributed by atoms with Crippen LogP contribution in [-0.4, -0.2) is 24.0 Å². The van der Waals surface area contributed by atoms with Crippen LogP contribution in [0.3, 0.4) is 0 Å². The minimum absolute atomic E-state index is 0.0989. The second-order valence-corrected chi connectivity index (χ2v) is 7.22. The maximum atomic E-state index is 12.8. The number of benzene rings is 2. The molecule has 2 aromatic carbocycles. The standard InChI is InChI=1S/C24H22N2O5/c1-29-20-9-5-8-18-19(14-21(27)30-15-16-6-3-2-4-7-16)24(23(25)28,31-22(18)20)17-10-12-26-13-11-17/h2-13,19H,14-15H2,1H3,(H2,25,28). The monoisotopic (exact) mass is 418 g/mol. The van der Waals surface area contributed by atoms with Gasteiger partial charge in [0.05, 0.1) is 19.4 Å². The van der Waals surface area contributed by atoms with Crippen LogP contribution in [0.4, 0.5) is 0 Å². The third-order valence-electron chi connectivity index (χ3n) is 5.45. The highest BCUT2D eigenvalue weighted by Gasteiger charge is 2.56. The molecule has 1 aromatic heterocycles. The van der Waals surface area contributed by atoms with Gasteiger partial charge in [0, 0.05) is 23.5 Å². The number of nitrogens with two attached hydrogens (primary N) is 1. The summed E-state index contributed by atoms with van der Waals surface area (Å²) < 4.78 is 17.1. The van der Waals surface area contributed by atoms with Gasteiger partial charge in [-0.2, -0.15) is 0 Å². The highest BCUT2D eigenvalue weighted by atomic mass is 16.5. The van der Waals surface area contributed by atoms with Crippen molar-refractivity contribution in [1.82, 2.24) is 4.98 Å². The number of amides is 1. The zero-order chi connectivity index (χ0) is 21.8. The molecular weight excluding hydrogens is 396 g/mol. The van der Waals surface area contributed by atoms with Crippen LogP contribution in [0.25, 0.3) is 0 Å². The highest BCUT2D eigenvalue weighted by Crippen LogP contribution is 2.55. The first-order valence-corrected chi connectivity index (χ1v) is 9.82. The van der Waals surface area contributed by atoms with Crippen LogP contribution in [-0.2, 0) is 26.5 Å². The van der Waals surface area contributed by atoms with Gasteiger partial charge in [-0.05, 0) is 23.8 Å². The van der Waals surface area contributed by atoms with Crippen LogP contribution in [0.5, 0.6) is 11.5 Å². The fourth-order valence-corrected chi connectivity index (χ4v) is 3.97. The van der Waals surface area contributed by atoms with Gasteiger partial charge >= 0.3 is 5.97 Å². The summed E-state index contributed by atoms with van der Waals surface area (Å²) in [6.07, 6.45) is 3.00. The largest absolute Gasteiger partial charge is 0.493 e. The number of primary amides is 1. The van der Waals surface area contributed by atoms with Crippen molar-refractivity contribution < 1.29 is 23.8 Å². The lowest BCUT2D eigenvalue weighted by molar-refractivity contribution is -0.147. The molecule has 4 rings (SSSR count). The van der Waals surface area contributed by atoms with Crippen molar-refractivity contribution >= 4 is 11.9 Å². The summed E-state index contributed by atoms with van der Waals surface area (Å²) in [7, 11) is 1.51. The van der Waals surface area contributed by atoms with Gasteiger partial charge in [-0.15, -0.1) is 0 Å². The van der Waals surface area contributed by atoms with E-state index < -0.39 is 23.4 Å². The van der Waals surface area contributed by atoms with E-state index in [9.17, 15) is 9.59 Å². The minimum Gasteiger partial charge on any atom is -0.493 e. The van der Waals surface area contributed by atoms with E-state index in [0.29, 0.717) is 22.6 Å². The van der Waals surface area contributed by atoms with Crippen molar-refractivity contribution in [3.63, 3.8) is 0 Å². The maximum Gasteiger partial charge on any atom is 0.306 e. The quantitative estimate of drug-likeness (QED) is 0.592. The van der Waals surface area contributed by atoms with Crippen LogP contribution < -0.4 is 15.2 Å². The Labute approximate surface area is 179 Å². The highest BCUT2D eigenvalue weighted by molar-refractivity contribution is 5.89. The molecule has 158 valence electrons. The SMILES string of the molecule is COc1cccc2c1OC(C(N)=O)(c1ccncc1)C2CC(=O)OCc1ccccc1. The molecule has 1 aliphatic heterocycles. The number of esters is 1. The molecule has 31 heavy (non-hydrogen) atoms. The van der Waals surface area contributed by atoms with Gasteiger partial charge in [0.15, 0.2) is 11.5 Å². The van der Waals surface area contributed by atoms with E-state index in [1.54, 1.807) is 42.7 Å². The predicted octanol–water partition coefficient (Wildman–Crippen LogP) is 3.08. The van der Waals surface area contributed by atoms with Crippen molar-refractivity contribution in [3.8, 4) is 11.5 Å². The van der Waals surface area contributed by atoms with Crippen molar-refractivity contribution in [1.29, 1.82) is 0 Å². The Hall–Kier alpha value is -3.87. The number of methoxy groups -OCH3 is 1. The van der Waals surface area contributed by atoms with Crippen molar-refractivity contribution in [3.05, 3.63) is 89.7 Å². The van der Waals surface area contributed by atoms with Crippen molar-refractivity contribution in [2.75, 3.05) is 7.11 Å². The van der Waals surface area contributed by atoms with E-state index in [0.717, 1.165) is 5.56 Å². The Kier molecular flexibility index (Phi) is 5.58. The summed E-state index contributed by atoms with van der Waals surface area (Å²) in [4.78, 5) is 29.7. The first-order valence-electron chi connectivity index (χ1n) is 9.82. The molecule has 7 heteroatoms. The van der Waals surface area contributed by atoms with E-state index in [1.807, 2.05) is 30.3 Å². The lowest BCUT2D eigenvalue weighted by Crippen LogP contribution is -2.48. The minimum atomic E-state index is -1.59. The molecular formula is C24H22N2O5. The fraction of sp³-hybridized carbons (Fsp3) is 0.208. The number of carbonyl (C=O) groups excluding carboxylic acids is 2. The molecule has 0 saturated heterocycles. The number of hydrogen-bond acceptors (Lipinski definition) is 6. The Balaban J connectivity index is 1.71. The summed E-state index contributed by atoms with van der Waals surface area (Å²) in [5, 5.41) is 0. The summed E-state index contributed by atoms with van der Waals surface area (Å²) in [5.74, 6) is -1.02. The molecule has 0 bridgehead atoms. The molecule has 7 nitrogen and oxygen atoms in total. The van der Waals surface area contributed by atoms with E-state index in [-0.39, 0.29) is 13.0 Å². The van der Waals surface area contributed by atoms with Gasteiger partial charge in [-0.25, -0.2) is 0 Å². The summed E-state index contributed by atoms with van der Waals surface area (Å²) in [6, 6.07) is 18.0. The number of pyridine rings is 1. The Morgan fingerprint density at radius 1 is 1.06 bits per heavy atom. The number of nitrogens with zero attached hydrogens (tertiary/aromatic N) is 1. The Bertz CT molecular complexity index is 1090.